The molecule has 0 saturated carbocycles. The fourth-order valence-electron chi connectivity index (χ4n) is 1.71. The Balaban J connectivity index is 2.93. The molecule has 1 atom stereocenters. The van der Waals surface area contributed by atoms with Crippen molar-refractivity contribution in [2.75, 3.05) is 29.7 Å². The zero-order valence-corrected chi connectivity index (χ0v) is 10.9. The third-order valence-electron chi connectivity index (χ3n) is 2.75. The number of thioether (sulfide) groups is 1. The summed E-state index contributed by atoms with van der Waals surface area (Å²) in [4.78, 5) is 2.06. The third kappa shape index (κ3) is 3.04. The quantitative estimate of drug-likeness (QED) is 0.805. The molecule has 1 rings (SSSR count). The van der Waals surface area contributed by atoms with Crippen LogP contribution < -0.4 is 10.6 Å². The number of nitrogens with two attached hydrogens (primary N) is 1. The van der Waals surface area contributed by atoms with Gasteiger partial charge in [0.15, 0.2) is 0 Å². The second-order valence-corrected chi connectivity index (χ2v) is 4.74. The molecule has 0 radical (unpaired) electrons. The highest BCUT2D eigenvalue weighted by atomic mass is 32.2. The SMILES string of the molecule is CCC(CSC)N(C)c1cc(F)ccc1N. The molecule has 0 saturated heterocycles. The summed E-state index contributed by atoms with van der Waals surface area (Å²) in [7, 11) is 1.97. The van der Waals surface area contributed by atoms with Gasteiger partial charge in [-0.1, -0.05) is 6.92 Å². The molecule has 2 nitrogen and oxygen atoms in total. The average Bonchev–Trinajstić information content (AvgIpc) is 2.28. The minimum Gasteiger partial charge on any atom is -0.397 e. The molecule has 16 heavy (non-hydrogen) atoms. The smallest absolute Gasteiger partial charge is 0.125 e. The van der Waals surface area contributed by atoms with Gasteiger partial charge in [-0.25, -0.2) is 4.39 Å². The first-order valence-electron chi connectivity index (χ1n) is 5.37. The Kier molecular flexibility index (Phi) is 4.93. The predicted molar refractivity (Wildman–Crippen MR) is 71.7 cm³/mol. The molecule has 0 aliphatic carbocycles. The Morgan fingerprint density at radius 1 is 1.50 bits per heavy atom. The molecule has 0 fully saturated rings. The lowest BCUT2D eigenvalue weighted by Gasteiger charge is -2.29. The van der Waals surface area contributed by atoms with E-state index in [2.05, 4.69) is 18.1 Å². The first kappa shape index (κ1) is 13.2. The van der Waals surface area contributed by atoms with Gasteiger partial charge in [0.1, 0.15) is 5.82 Å². The molecule has 0 aromatic heterocycles. The Hall–Kier alpha value is -0.900. The summed E-state index contributed by atoms with van der Waals surface area (Å²) in [5, 5.41) is 0. The molecule has 2 N–H and O–H groups in total. The molecule has 1 unspecified atom stereocenters. The highest BCUT2D eigenvalue weighted by Gasteiger charge is 2.15. The van der Waals surface area contributed by atoms with Gasteiger partial charge in [0.2, 0.25) is 0 Å². The summed E-state index contributed by atoms with van der Waals surface area (Å²) in [5.41, 5.74) is 7.27. The van der Waals surface area contributed by atoms with E-state index >= 15 is 0 Å². The lowest BCUT2D eigenvalue weighted by atomic mass is 10.2. The van der Waals surface area contributed by atoms with Gasteiger partial charge in [-0.15, -0.1) is 0 Å². The van der Waals surface area contributed by atoms with Crippen molar-refractivity contribution in [1.82, 2.24) is 0 Å². The van der Waals surface area contributed by atoms with Crippen LogP contribution in [0, 0.1) is 5.82 Å². The van der Waals surface area contributed by atoms with Crippen LogP contribution in [-0.2, 0) is 0 Å². The van der Waals surface area contributed by atoms with Crippen molar-refractivity contribution < 1.29 is 4.39 Å². The average molecular weight is 242 g/mol. The normalized spacial score (nSPS) is 12.5. The fraction of sp³-hybridized carbons (Fsp3) is 0.500. The van der Waals surface area contributed by atoms with Crippen molar-refractivity contribution in [3.8, 4) is 0 Å². The first-order valence-corrected chi connectivity index (χ1v) is 6.76. The zero-order chi connectivity index (χ0) is 12.1. The lowest BCUT2D eigenvalue weighted by Crippen LogP contribution is -2.33. The van der Waals surface area contributed by atoms with E-state index in [1.165, 1.54) is 12.1 Å². The Labute approximate surface area is 101 Å². The molecular formula is C12H19FN2S. The van der Waals surface area contributed by atoms with Crippen LogP contribution in [0.4, 0.5) is 15.8 Å². The molecular weight excluding hydrogens is 223 g/mol. The van der Waals surface area contributed by atoms with Gasteiger partial charge < -0.3 is 10.6 Å². The van der Waals surface area contributed by atoms with Crippen LogP contribution in [0.5, 0.6) is 0 Å². The topological polar surface area (TPSA) is 29.3 Å². The summed E-state index contributed by atoms with van der Waals surface area (Å²) in [5.74, 6) is 0.776. The maximum atomic E-state index is 13.2. The standard InChI is InChI=1S/C12H19FN2S/c1-4-10(8-16-3)15(2)12-7-9(13)5-6-11(12)14/h5-7,10H,4,8,14H2,1-3H3. The second-order valence-electron chi connectivity index (χ2n) is 3.83. The van der Waals surface area contributed by atoms with Gasteiger partial charge in [0.25, 0.3) is 0 Å². The van der Waals surface area contributed by atoms with Gasteiger partial charge in [-0.2, -0.15) is 11.8 Å². The highest BCUT2D eigenvalue weighted by Crippen LogP contribution is 2.26. The molecule has 1 aromatic rings. The number of benzene rings is 1. The van der Waals surface area contributed by atoms with Crippen LogP contribution in [0.25, 0.3) is 0 Å². The van der Waals surface area contributed by atoms with E-state index in [4.69, 9.17) is 5.73 Å². The molecule has 0 spiro atoms. The number of halogens is 1. The highest BCUT2D eigenvalue weighted by molar-refractivity contribution is 7.98. The van der Waals surface area contributed by atoms with Gasteiger partial charge in [-0.05, 0) is 30.9 Å². The molecule has 0 bridgehead atoms. The van der Waals surface area contributed by atoms with Crippen LogP contribution in [0.2, 0.25) is 0 Å². The number of nitrogen functional groups attached to an aromatic ring is 1. The van der Waals surface area contributed by atoms with Crippen molar-refractivity contribution in [1.29, 1.82) is 0 Å². The van der Waals surface area contributed by atoms with E-state index in [-0.39, 0.29) is 5.82 Å². The summed E-state index contributed by atoms with van der Waals surface area (Å²) in [6, 6.07) is 4.90. The molecule has 90 valence electrons. The Morgan fingerprint density at radius 3 is 2.75 bits per heavy atom. The molecule has 0 aliphatic rings. The maximum Gasteiger partial charge on any atom is 0.125 e. The lowest BCUT2D eigenvalue weighted by molar-refractivity contribution is 0.623. The van der Waals surface area contributed by atoms with Crippen LogP contribution in [-0.4, -0.2) is 25.1 Å². The van der Waals surface area contributed by atoms with E-state index in [1.807, 2.05) is 7.05 Å². The van der Waals surface area contributed by atoms with E-state index in [1.54, 1.807) is 17.8 Å². The van der Waals surface area contributed by atoms with E-state index in [0.29, 0.717) is 11.7 Å². The van der Waals surface area contributed by atoms with Crippen molar-refractivity contribution in [3.63, 3.8) is 0 Å². The van der Waals surface area contributed by atoms with Crippen LogP contribution in [0.1, 0.15) is 13.3 Å². The first-order chi connectivity index (χ1) is 7.60. The van der Waals surface area contributed by atoms with Gasteiger partial charge >= 0.3 is 0 Å². The largest absolute Gasteiger partial charge is 0.397 e. The Morgan fingerprint density at radius 2 is 2.19 bits per heavy atom. The van der Waals surface area contributed by atoms with Crippen LogP contribution >= 0.6 is 11.8 Å². The monoisotopic (exact) mass is 242 g/mol. The summed E-state index contributed by atoms with van der Waals surface area (Å²) < 4.78 is 13.2. The number of anilines is 2. The van der Waals surface area contributed by atoms with Gasteiger partial charge in [-0.3, -0.25) is 0 Å². The molecule has 0 heterocycles. The van der Waals surface area contributed by atoms with Crippen LogP contribution in [0.15, 0.2) is 18.2 Å². The summed E-state index contributed by atoms with van der Waals surface area (Å²) in [6.07, 6.45) is 3.10. The Bertz CT molecular complexity index is 344. The molecule has 0 amide bonds. The predicted octanol–water partition coefficient (Wildman–Crippen LogP) is 2.99. The molecule has 4 heteroatoms. The van der Waals surface area contributed by atoms with Gasteiger partial charge in [0.05, 0.1) is 11.4 Å². The number of hydrogen-bond acceptors (Lipinski definition) is 3. The molecule has 1 aromatic carbocycles. The zero-order valence-electron chi connectivity index (χ0n) is 10.0. The maximum absolute atomic E-state index is 13.2. The minimum atomic E-state index is -0.241. The third-order valence-corrected chi connectivity index (χ3v) is 3.47. The number of nitrogens with zero attached hydrogens (tertiary/aromatic N) is 1. The van der Waals surface area contributed by atoms with Gasteiger partial charge in [0, 0.05) is 18.8 Å². The van der Waals surface area contributed by atoms with Crippen LogP contribution in [0.3, 0.4) is 0 Å². The number of hydrogen-bond donors (Lipinski definition) is 1. The minimum absolute atomic E-state index is 0.241. The van der Waals surface area contributed by atoms with Crippen molar-refractivity contribution in [2.24, 2.45) is 0 Å². The second kappa shape index (κ2) is 5.99. The number of rotatable bonds is 5. The van der Waals surface area contributed by atoms with E-state index in [0.717, 1.165) is 17.9 Å². The van der Waals surface area contributed by atoms with Crippen molar-refractivity contribution >= 4 is 23.1 Å². The fourth-order valence-corrected chi connectivity index (χ4v) is 2.56. The summed E-state index contributed by atoms with van der Waals surface area (Å²) in [6.45, 7) is 2.13. The van der Waals surface area contributed by atoms with E-state index < -0.39 is 0 Å². The van der Waals surface area contributed by atoms with Crippen molar-refractivity contribution in [2.45, 2.75) is 19.4 Å². The summed E-state index contributed by atoms with van der Waals surface area (Å²) >= 11 is 1.79. The molecule has 0 aliphatic heterocycles. The van der Waals surface area contributed by atoms with E-state index in [9.17, 15) is 4.39 Å². The van der Waals surface area contributed by atoms with Crippen molar-refractivity contribution in [3.05, 3.63) is 24.0 Å².